The third-order valence-electron chi connectivity index (χ3n) is 6.05. The Morgan fingerprint density at radius 3 is 2.57 bits per heavy atom. The van der Waals surface area contributed by atoms with Crippen molar-refractivity contribution in [2.24, 2.45) is 22.0 Å². The SMILES string of the molecule is CC1C(Cc2ccccc2)=NN=C(C(=O)N[C@H]2CCc3ccccc3NC2=O)C1C. The summed E-state index contributed by atoms with van der Waals surface area (Å²) in [7, 11) is 0. The van der Waals surface area contributed by atoms with Gasteiger partial charge in [-0.3, -0.25) is 9.59 Å². The lowest BCUT2D eigenvalue weighted by atomic mass is 9.84. The standard InChI is InChI=1S/C24H26N4O2/c1-15-16(2)22(28-27-21(15)14-17-8-4-3-5-9-17)24(30)26-20-13-12-18-10-6-7-11-19(18)25-23(20)29/h3-11,15-16,20H,12-14H2,1-2H3,(H,25,29)(H,26,30)/t15?,16?,20-/m0/s1. The molecular weight excluding hydrogens is 376 g/mol. The highest BCUT2D eigenvalue weighted by molar-refractivity contribution is 6.40. The predicted molar refractivity (Wildman–Crippen MR) is 119 cm³/mol. The minimum atomic E-state index is -0.593. The van der Waals surface area contributed by atoms with Crippen molar-refractivity contribution in [3.05, 3.63) is 65.7 Å². The Hall–Kier alpha value is -3.28. The molecule has 0 aromatic heterocycles. The second kappa shape index (κ2) is 8.61. The van der Waals surface area contributed by atoms with Crippen molar-refractivity contribution in [1.29, 1.82) is 0 Å². The number of nitrogens with zero attached hydrogens (tertiary/aromatic N) is 2. The number of amides is 2. The molecule has 0 radical (unpaired) electrons. The number of benzene rings is 2. The lowest BCUT2D eigenvalue weighted by Crippen LogP contribution is -2.48. The number of aryl methyl sites for hydroxylation is 1. The average molecular weight is 402 g/mol. The van der Waals surface area contributed by atoms with Gasteiger partial charge in [0.1, 0.15) is 11.8 Å². The molecule has 6 heteroatoms. The molecule has 0 fully saturated rings. The number of hydrogen-bond acceptors (Lipinski definition) is 4. The van der Waals surface area contributed by atoms with Crippen molar-refractivity contribution in [2.75, 3.05) is 5.32 Å². The molecule has 2 aromatic rings. The summed E-state index contributed by atoms with van der Waals surface area (Å²) in [6.45, 7) is 4.06. The smallest absolute Gasteiger partial charge is 0.268 e. The van der Waals surface area contributed by atoms with E-state index in [4.69, 9.17) is 0 Å². The number of hydrogen-bond donors (Lipinski definition) is 2. The maximum atomic E-state index is 12.9. The van der Waals surface area contributed by atoms with Gasteiger partial charge in [0, 0.05) is 29.7 Å². The van der Waals surface area contributed by atoms with E-state index in [2.05, 4.69) is 39.9 Å². The van der Waals surface area contributed by atoms with Crippen LogP contribution < -0.4 is 10.6 Å². The van der Waals surface area contributed by atoms with Crippen LogP contribution in [0, 0.1) is 11.8 Å². The highest BCUT2D eigenvalue weighted by Gasteiger charge is 2.33. The molecule has 3 atom stereocenters. The minimum Gasteiger partial charge on any atom is -0.339 e. The second-order valence-electron chi connectivity index (χ2n) is 8.03. The summed E-state index contributed by atoms with van der Waals surface area (Å²) < 4.78 is 0. The van der Waals surface area contributed by atoms with E-state index < -0.39 is 6.04 Å². The van der Waals surface area contributed by atoms with Gasteiger partial charge in [-0.1, -0.05) is 62.4 Å². The zero-order valence-electron chi connectivity index (χ0n) is 17.3. The zero-order chi connectivity index (χ0) is 21.1. The van der Waals surface area contributed by atoms with Gasteiger partial charge in [0.15, 0.2) is 0 Å². The van der Waals surface area contributed by atoms with Crippen LogP contribution in [0.5, 0.6) is 0 Å². The number of para-hydroxylation sites is 1. The molecule has 4 rings (SSSR count). The first-order chi connectivity index (χ1) is 14.5. The van der Waals surface area contributed by atoms with E-state index >= 15 is 0 Å². The van der Waals surface area contributed by atoms with Crippen LogP contribution in [0.3, 0.4) is 0 Å². The molecule has 2 aromatic carbocycles. The van der Waals surface area contributed by atoms with E-state index in [1.807, 2.05) is 49.4 Å². The topological polar surface area (TPSA) is 82.9 Å². The average Bonchev–Trinajstić information content (AvgIpc) is 2.91. The summed E-state index contributed by atoms with van der Waals surface area (Å²) in [5.41, 5.74) is 4.41. The first-order valence-corrected chi connectivity index (χ1v) is 10.4. The van der Waals surface area contributed by atoms with Crippen molar-refractivity contribution in [3.8, 4) is 0 Å². The molecule has 0 spiro atoms. The zero-order valence-corrected chi connectivity index (χ0v) is 17.3. The summed E-state index contributed by atoms with van der Waals surface area (Å²) in [6.07, 6.45) is 1.99. The lowest BCUT2D eigenvalue weighted by Gasteiger charge is -2.26. The first kappa shape index (κ1) is 20.0. The number of fused-ring (bicyclic) bond motifs is 1. The van der Waals surface area contributed by atoms with Gasteiger partial charge in [-0.25, -0.2) is 0 Å². The molecule has 30 heavy (non-hydrogen) atoms. The monoisotopic (exact) mass is 402 g/mol. The summed E-state index contributed by atoms with van der Waals surface area (Å²) in [6, 6.07) is 17.3. The fourth-order valence-corrected chi connectivity index (χ4v) is 3.96. The Morgan fingerprint density at radius 1 is 1.03 bits per heavy atom. The summed E-state index contributed by atoms with van der Waals surface area (Å²) in [4.78, 5) is 25.5. The fraction of sp³-hybridized carbons (Fsp3) is 0.333. The normalized spacial score (nSPS) is 23.4. The molecular formula is C24H26N4O2. The predicted octanol–water partition coefficient (Wildman–Crippen LogP) is 3.38. The molecule has 2 unspecified atom stereocenters. The summed E-state index contributed by atoms with van der Waals surface area (Å²) in [5.74, 6) is -0.496. The highest BCUT2D eigenvalue weighted by Crippen LogP contribution is 2.24. The first-order valence-electron chi connectivity index (χ1n) is 10.4. The van der Waals surface area contributed by atoms with Crippen LogP contribution in [-0.2, 0) is 22.4 Å². The van der Waals surface area contributed by atoms with Crippen LogP contribution in [0.15, 0.2) is 64.8 Å². The van der Waals surface area contributed by atoms with E-state index in [1.54, 1.807) is 0 Å². The third-order valence-corrected chi connectivity index (χ3v) is 6.05. The van der Waals surface area contributed by atoms with Crippen LogP contribution in [0.2, 0.25) is 0 Å². The van der Waals surface area contributed by atoms with E-state index in [0.717, 1.165) is 23.4 Å². The Morgan fingerprint density at radius 2 is 1.77 bits per heavy atom. The quantitative estimate of drug-likeness (QED) is 0.822. The van der Waals surface area contributed by atoms with E-state index in [0.29, 0.717) is 18.6 Å². The second-order valence-corrected chi connectivity index (χ2v) is 8.03. The number of anilines is 1. The molecule has 2 N–H and O–H groups in total. The molecule has 0 aliphatic carbocycles. The molecule has 2 heterocycles. The maximum Gasteiger partial charge on any atom is 0.268 e. The summed E-state index contributed by atoms with van der Waals surface area (Å²) in [5, 5.41) is 14.4. The number of nitrogens with one attached hydrogen (secondary N) is 2. The molecule has 2 aliphatic heterocycles. The lowest BCUT2D eigenvalue weighted by molar-refractivity contribution is -0.123. The molecule has 0 saturated carbocycles. The van der Waals surface area contributed by atoms with Gasteiger partial charge in [-0.05, 0) is 30.0 Å². The van der Waals surface area contributed by atoms with Gasteiger partial charge in [0.05, 0.1) is 0 Å². The number of carbonyl (C=O) groups is 2. The van der Waals surface area contributed by atoms with Crippen molar-refractivity contribution in [3.63, 3.8) is 0 Å². The van der Waals surface area contributed by atoms with Gasteiger partial charge in [-0.2, -0.15) is 5.10 Å². The third kappa shape index (κ3) is 4.17. The van der Waals surface area contributed by atoms with E-state index in [1.165, 1.54) is 5.56 Å². The van der Waals surface area contributed by atoms with Crippen molar-refractivity contribution in [1.82, 2.24) is 5.32 Å². The van der Waals surface area contributed by atoms with Crippen LogP contribution >= 0.6 is 0 Å². The van der Waals surface area contributed by atoms with Gasteiger partial charge >= 0.3 is 0 Å². The van der Waals surface area contributed by atoms with Gasteiger partial charge in [0.2, 0.25) is 5.91 Å². The van der Waals surface area contributed by atoms with Gasteiger partial charge in [0.25, 0.3) is 5.91 Å². The van der Waals surface area contributed by atoms with Crippen LogP contribution in [-0.4, -0.2) is 29.3 Å². The maximum absolute atomic E-state index is 12.9. The molecule has 154 valence electrons. The molecule has 6 nitrogen and oxygen atoms in total. The molecule has 0 saturated heterocycles. The molecule has 2 aliphatic rings. The van der Waals surface area contributed by atoms with Crippen molar-refractivity contribution < 1.29 is 9.59 Å². The fourth-order valence-electron chi connectivity index (χ4n) is 3.96. The van der Waals surface area contributed by atoms with E-state index in [9.17, 15) is 9.59 Å². The van der Waals surface area contributed by atoms with Crippen LogP contribution in [0.4, 0.5) is 5.69 Å². The summed E-state index contributed by atoms with van der Waals surface area (Å²) >= 11 is 0. The van der Waals surface area contributed by atoms with Crippen molar-refractivity contribution in [2.45, 2.75) is 39.2 Å². The number of rotatable bonds is 4. The molecule has 0 bridgehead atoms. The van der Waals surface area contributed by atoms with Crippen molar-refractivity contribution >= 4 is 28.9 Å². The Labute approximate surface area is 176 Å². The van der Waals surface area contributed by atoms with Gasteiger partial charge in [-0.15, -0.1) is 5.10 Å². The molecule has 2 amide bonds. The Bertz CT molecular complexity index is 1010. The van der Waals surface area contributed by atoms with E-state index in [-0.39, 0.29) is 23.7 Å². The largest absolute Gasteiger partial charge is 0.339 e. The number of carbonyl (C=O) groups excluding carboxylic acids is 2. The Balaban J connectivity index is 1.46. The minimum absolute atomic E-state index is 0.0766. The Kier molecular flexibility index (Phi) is 5.74. The highest BCUT2D eigenvalue weighted by atomic mass is 16.2. The van der Waals surface area contributed by atoms with Gasteiger partial charge < -0.3 is 10.6 Å². The van der Waals surface area contributed by atoms with Crippen LogP contribution in [0.1, 0.15) is 31.4 Å². The van der Waals surface area contributed by atoms with Crippen LogP contribution in [0.25, 0.3) is 0 Å².